The Balaban J connectivity index is 2.20. The Labute approximate surface area is 101 Å². The molecule has 0 spiro atoms. The molecule has 2 aromatic carbocycles. The van der Waals surface area contributed by atoms with Gasteiger partial charge in [-0.05, 0) is 30.2 Å². The average molecular weight is 244 g/mol. The third-order valence-electron chi connectivity index (χ3n) is 3.05. The molecule has 0 unspecified atom stereocenters. The molecule has 0 radical (unpaired) electrons. The average Bonchev–Trinajstić information content (AvgIpc) is 2.40. The van der Waals surface area contributed by atoms with Crippen molar-refractivity contribution in [1.82, 2.24) is 0 Å². The number of benzene rings is 2. The van der Waals surface area contributed by atoms with Gasteiger partial charge in [0.15, 0.2) is 0 Å². The normalized spacial score (nSPS) is 23.1. The Morgan fingerprint density at radius 3 is 2.47 bits per heavy atom. The molecular weight excluding hydrogens is 231 g/mol. The zero-order chi connectivity index (χ0) is 11.7. The molecule has 2 nitrogen and oxygen atoms in total. The number of fused-ring (bicyclic) bond motifs is 1. The van der Waals surface area contributed by atoms with Crippen LogP contribution < -0.4 is 10.6 Å². The van der Waals surface area contributed by atoms with Crippen LogP contribution in [0.25, 0.3) is 0 Å². The highest BCUT2D eigenvalue weighted by Gasteiger charge is 2.33. The molecule has 3 rings (SSSR count). The summed E-state index contributed by atoms with van der Waals surface area (Å²) in [5.74, 6) is 0. The molecule has 0 bridgehead atoms. The first kappa shape index (κ1) is 10.8. The summed E-state index contributed by atoms with van der Waals surface area (Å²) in [5.41, 5.74) is 1.14. The minimum atomic E-state index is -2.86. The molecule has 3 heteroatoms. The van der Waals surface area contributed by atoms with Crippen molar-refractivity contribution in [3.05, 3.63) is 60.2 Å². The van der Waals surface area contributed by atoms with E-state index >= 15 is 0 Å². The van der Waals surface area contributed by atoms with Crippen LogP contribution in [0.5, 0.6) is 0 Å². The molecule has 0 fully saturated rings. The molecule has 1 heterocycles. The maximum Gasteiger partial charge on any atom is 0.261 e. The van der Waals surface area contributed by atoms with Crippen molar-refractivity contribution in [2.45, 2.75) is 6.42 Å². The zero-order valence-corrected chi connectivity index (χ0v) is 10.3. The van der Waals surface area contributed by atoms with Crippen molar-refractivity contribution in [2.75, 3.05) is 6.61 Å². The SMILES string of the molecule is O=[P@]1(c2ccccc2)OCCc2ccccc21. The topological polar surface area (TPSA) is 26.3 Å². The van der Waals surface area contributed by atoms with Crippen LogP contribution in [0.1, 0.15) is 5.56 Å². The summed E-state index contributed by atoms with van der Waals surface area (Å²) in [5, 5.41) is 1.64. The number of hydrogen-bond donors (Lipinski definition) is 0. The molecule has 0 N–H and O–H groups in total. The minimum Gasteiger partial charge on any atom is -0.322 e. The second kappa shape index (κ2) is 4.14. The fourth-order valence-electron chi connectivity index (χ4n) is 2.20. The summed E-state index contributed by atoms with van der Waals surface area (Å²) in [6, 6.07) is 17.3. The summed E-state index contributed by atoms with van der Waals surface area (Å²) in [4.78, 5) is 0. The molecule has 0 amide bonds. The fourth-order valence-corrected chi connectivity index (χ4v) is 4.53. The van der Waals surface area contributed by atoms with Gasteiger partial charge in [-0.3, -0.25) is 4.57 Å². The Morgan fingerprint density at radius 2 is 1.65 bits per heavy atom. The first-order valence-electron chi connectivity index (χ1n) is 5.69. The van der Waals surface area contributed by atoms with Crippen molar-refractivity contribution in [3.63, 3.8) is 0 Å². The number of rotatable bonds is 1. The maximum absolute atomic E-state index is 13.0. The molecule has 86 valence electrons. The molecule has 0 aromatic heterocycles. The Hall–Kier alpha value is -1.37. The number of hydrogen-bond acceptors (Lipinski definition) is 2. The van der Waals surface area contributed by atoms with Crippen LogP contribution in [0.2, 0.25) is 0 Å². The van der Waals surface area contributed by atoms with E-state index in [4.69, 9.17) is 4.52 Å². The van der Waals surface area contributed by atoms with Gasteiger partial charge in [0.1, 0.15) is 0 Å². The smallest absolute Gasteiger partial charge is 0.261 e. The third kappa shape index (κ3) is 1.74. The summed E-state index contributed by atoms with van der Waals surface area (Å²) in [6.45, 7) is 0.531. The lowest BCUT2D eigenvalue weighted by Crippen LogP contribution is -2.26. The lowest BCUT2D eigenvalue weighted by molar-refractivity contribution is 0.324. The van der Waals surface area contributed by atoms with E-state index < -0.39 is 7.37 Å². The van der Waals surface area contributed by atoms with Crippen LogP contribution in [0, 0.1) is 0 Å². The monoisotopic (exact) mass is 244 g/mol. The first-order chi connectivity index (χ1) is 8.31. The summed E-state index contributed by atoms with van der Waals surface area (Å²) >= 11 is 0. The van der Waals surface area contributed by atoms with Gasteiger partial charge < -0.3 is 4.52 Å². The van der Waals surface area contributed by atoms with E-state index in [-0.39, 0.29) is 0 Å². The van der Waals surface area contributed by atoms with E-state index in [0.717, 1.165) is 22.6 Å². The summed E-state index contributed by atoms with van der Waals surface area (Å²) in [6.07, 6.45) is 0.840. The van der Waals surface area contributed by atoms with E-state index in [1.165, 1.54) is 0 Å². The molecule has 17 heavy (non-hydrogen) atoms. The zero-order valence-electron chi connectivity index (χ0n) is 9.37. The highest BCUT2D eigenvalue weighted by Crippen LogP contribution is 2.47. The Bertz CT molecular complexity index is 578. The van der Waals surface area contributed by atoms with Gasteiger partial charge in [-0.15, -0.1) is 0 Å². The van der Waals surface area contributed by atoms with E-state index in [9.17, 15) is 4.57 Å². The second-order valence-corrected chi connectivity index (χ2v) is 6.46. The van der Waals surface area contributed by atoms with Gasteiger partial charge in [0.25, 0.3) is 7.37 Å². The summed E-state index contributed by atoms with van der Waals surface area (Å²) in [7, 11) is -2.86. The van der Waals surface area contributed by atoms with Crippen LogP contribution in [-0.4, -0.2) is 6.61 Å². The maximum atomic E-state index is 13.0. The molecule has 1 aliphatic rings. The third-order valence-corrected chi connectivity index (χ3v) is 5.64. The van der Waals surface area contributed by atoms with Crippen LogP contribution in [0.3, 0.4) is 0 Å². The van der Waals surface area contributed by atoms with Crippen molar-refractivity contribution < 1.29 is 9.09 Å². The lowest BCUT2D eigenvalue weighted by Gasteiger charge is -2.26. The highest BCUT2D eigenvalue weighted by atomic mass is 31.2. The highest BCUT2D eigenvalue weighted by molar-refractivity contribution is 7.74. The molecule has 2 aromatic rings. The van der Waals surface area contributed by atoms with E-state index in [2.05, 4.69) is 0 Å². The van der Waals surface area contributed by atoms with E-state index in [1.54, 1.807) is 0 Å². The quantitative estimate of drug-likeness (QED) is 0.720. The molecule has 0 saturated heterocycles. The standard InChI is InChI=1S/C14H13O2P/c15-17(13-7-2-1-3-8-13)14-9-5-4-6-12(14)10-11-16-17/h1-9H,10-11H2/t17-/m1/s1. The first-order valence-corrected chi connectivity index (χ1v) is 7.32. The van der Waals surface area contributed by atoms with Gasteiger partial charge >= 0.3 is 0 Å². The van der Waals surface area contributed by atoms with Gasteiger partial charge in [0.05, 0.1) is 6.61 Å². The van der Waals surface area contributed by atoms with Crippen molar-refractivity contribution >= 4 is 18.0 Å². The fraction of sp³-hybridized carbons (Fsp3) is 0.143. The van der Waals surface area contributed by atoms with Gasteiger partial charge in [0, 0.05) is 10.6 Å². The minimum absolute atomic E-state index is 0.531. The van der Waals surface area contributed by atoms with Gasteiger partial charge in [-0.25, -0.2) is 0 Å². The molecular formula is C14H13O2P. The van der Waals surface area contributed by atoms with E-state index in [1.807, 2.05) is 54.6 Å². The van der Waals surface area contributed by atoms with Crippen LogP contribution >= 0.6 is 7.37 Å². The van der Waals surface area contributed by atoms with Crippen LogP contribution in [-0.2, 0) is 15.5 Å². The molecule has 0 saturated carbocycles. The molecule has 1 aliphatic heterocycles. The summed E-state index contributed by atoms with van der Waals surface area (Å²) < 4.78 is 18.7. The second-order valence-electron chi connectivity index (χ2n) is 4.10. The van der Waals surface area contributed by atoms with Gasteiger partial charge in [-0.2, -0.15) is 0 Å². The van der Waals surface area contributed by atoms with Crippen LogP contribution in [0.4, 0.5) is 0 Å². The lowest BCUT2D eigenvalue weighted by atomic mass is 10.2. The largest absolute Gasteiger partial charge is 0.322 e. The Morgan fingerprint density at radius 1 is 0.941 bits per heavy atom. The predicted molar refractivity (Wildman–Crippen MR) is 69.4 cm³/mol. The van der Waals surface area contributed by atoms with E-state index in [0.29, 0.717) is 6.61 Å². The van der Waals surface area contributed by atoms with Gasteiger partial charge in [-0.1, -0.05) is 36.4 Å². The van der Waals surface area contributed by atoms with Crippen molar-refractivity contribution in [2.24, 2.45) is 0 Å². The Kier molecular flexibility index (Phi) is 2.62. The van der Waals surface area contributed by atoms with Gasteiger partial charge in [0.2, 0.25) is 0 Å². The molecule has 1 atom stereocenters. The van der Waals surface area contributed by atoms with Crippen molar-refractivity contribution in [1.29, 1.82) is 0 Å². The van der Waals surface area contributed by atoms with Crippen molar-refractivity contribution in [3.8, 4) is 0 Å². The van der Waals surface area contributed by atoms with Crippen LogP contribution in [0.15, 0.2) is 54.6 Å². The predicted octanol–water partition coefficient (Wildman–Crippen LogP) is 2.49. The molecule has 0 aliphatic carbocycles.